The number of aromatic carboxylic acids is 1. The number of rotatable bonds is 1. The Morgan fingerprint density at radius 3 is 2.54 bits per heavy atom. The number of halogens is 1. The van der Waals surface area contributed by atoms with Crippen LogP contribution in [0, 0.1) is 0 Å². The molecule has 2 rings (SSSR count). The average Bonchev–Trinajstić information content (AvgIpc) is 2.45. The van der Waals surface area contributed by atoms with E-state index in [1.807, 2.05) is 0 Å². The minimum Gasteiger partial charge on any atom is -0.477 e. The molecule has 1 aromatic heterocycles. The highest BCUT2D eigenvalue weighted by atomic mass is 79.9. The van der Waals surface area contributed by atoms with Gasteiger partial charge in [0.05, 0.1) is 3.79 Å². The van der Waals surface area contributed by atoms with E-state index in [9.17, 15) is 4.79 Å². The first-order valence-corrected chi connectivity index (χ1v) is 5.84. The fourth-order valence-electron chi connectivity index (χ4n) is 1.76. The van der Waals surface area contributed by atoms with E-state index >= 15 is 0 Å². The summed E-state index contributed by atoms with van der Waals surface area (Å²) in [6.45, 7) is 0. The van der Waals surface area contributed by atoms with E-state index in [1.165, 1.54) is 23.3 Å². The van der Waals surface area contributed by atoms with Crippen LogP contribution in [0.1, 0.15) is 33.6 Å². The van der Waals surface area contributed by atoms with Gasteiger partial charge in [-0.05, 0) is 52.7 Å². The van der Waals surface area contributed by atoms with E-state index in [0.717, 1.165) is 28.6 Å². The molecule has 0 fully saturated rings. The molecular formula is C9H9BrO2S. The van der Waals surface area contributed by atoms with Gasteiger partial charge in [0, 0.05) is 0 Å². The minimum absolute atomic E-state index is 0.529. The van der Waals surface area contributed by atoms with Crippen LogP contribution in [0.25, 0.3) is 0 Å². The van der Waals surface area contributed by atoms with E-state index in [1.54, 1.807) is 0 Å². The van der Waals surface area contributed by atoms with Crippen molar-refractivity contribution < 1.29 is 9.90 Å². The summed E-state index contributed by atoms with van der Waals surface area (Å²) in [6, 6.07) is 0. The van der Waals surface area contributed by atoms with Crippen molar-refractivity contribution in [3.8, 4) is 0 Å². The molecule has 13 heavy (non-hydrogen) atoms. The van der Waals surface area contributed by atoms with Gasteiger partial charge < -0.3 is 5.11 Å². The molecule has 0 radical (unpaired) electrons. The van der Waals surface area contributed by atoms with Crippen LogP contribution < -0.4 is 0 Å². The number of carboxylic acid groups (broad SMARTS) is 1. The number of carbonyl (C=O) groups is 1. The summed E-state index contributed by atoms with van der Waals surface area (Å²) in [4.78, 5) is 11.4. The molecule has 0 aliphatic heterocycles. The largest absolute Gasteiger partial charge is 0.477 e. The number of fused-ring (bicyclic) bond motifs is 1. The maximum atomic E-state index is 10.9. The van der Waals surface area contributed by atoms with Crippen molar-refractivity contribution >= 4 is 33.2 Å². The number of thiophene rings is 1. The van der Waals surface area contributed by atoms with Crippen LogP contribution in [-0.2, 0) is 12.8 Å². The normalized spacial score (nSPS) is 15.5. The SMILES string of the molecule is O=C(O)c1sc(Br)c2c1CCCC2. The lowest BCUT2D eigenvalue weighted by atomic mass is 9.94. The van der Waals surface area contributed by atoms with Gasteiger partial charge in [-0.3, -0.25) is 0 Å². The van der Waals surface area contributed by atoms with Crippen LogP contribution >= 0.6 is 27.3 Å². The molecule has 0 saturated heterocycles. The van der Waals surface area contributed by atoms with Crippen LogP contribution in [0.4, 0.5) is 0 Å². The zero-order chi connectivity index (χ0) is 9.42. The molecule has 1 N–H and O–H groups in total. The standard InChI is InChI=1S/C9H9BrO2S/c10-8-6-4-2-1-3-5(6)7(13-8)9(11)12/h1-4H2,(H,11,12). The first kappa shape index (κ1) is 9.21. The Morgan fingerprint density at radius 1 is 1.31 bits per heavy atom. The summed E-state index contributed by atoms with van der Waals surface area (Å²) in [7, 11) is 0. The third-order valence-corrected chi connectivity index (χ3v) is 4.38. The molecule has 0 spiro atoms. The highest BCUT2D eigenvalue weighted by Gasteiger charge is 2.22. The summed E-state index contributed by atoms with van der Waals surface area (Å²) >= 11 is 4.78. The quantitative estimate of drug-likeness (QED) is 0.843. The highest BCUT2D eigenvalue weighted by Crippen LogP contribution is 2.37. The Morgan fingerprint density at radius 2 is 1.92 bits per heavy atom. The predicted octanol–water partition coefficient (Wildman–Crippen LogP) is 3.09. The maximum absolute atomic E-state index is 10.9. The Bertz CT molecular complexity index is 357. The number of hydrogen-bond acceptors (Lipinski definition) is 2. The lowest BCUT2D eigenvalue weighted by Gasteiger charge is -2.11. The van der Waals surface area contributed by atoms with Gasteiger partial charge in [-0.2, -0.15) is 0 Å². The predicted molar refractivity (Wildman–Crippen MR) is 55.6 cm³/mol. The molecule has 70 valence electrons. The number of hydrogen-bond donors (Lipinski definition) is 1. The zero-order valence-corrected chi connectivity index (χ0v) is 9.37. The van der Waals surface area contributed by atoms with E-state index in [4.69, 9.17) is 5.11 Å². The second-order valence-electron chi connectivity index (χ2n) is 3.17. The van der Waals surface area contributed by atoms with E-state index in [-0.39, 0.29) is 0 Å². The van der Waals surface area contributed by atoms with Crippen LogP contribution in [0.2, 0.25) is 0 Å². The second kappa shape index (κ2) is 3.42. The topological polar surface area (TPSA) is 37.3 Å². The van der Waals surface area contributed by atoms with Crippen LogP contribution in [0.3, 0.4) is 0 Å². The van der Waals surface area contributed by atoms with Crippen LogP contribution in [0.15, 0.2) is 3.79 Å². The molecule has 2 nitrogen and oxygen atoms in total. The van der Waals surface area contributed by atoms with Gasteiger partial charge in [0.2, 0.25) is 0 Å². The van der Waals surface area contributed by atoms with E-state index < -0.39 is 5.97 Å². The van der Waals surface area contributed by atoms with E-state index in [0.29, 0.717) is 4.88 Å². The lowest BCUT2D eigenvalue weighted by Crippen LogP contribution is -2.04. The van der Waals surface area contributed by atoms with Gasteiger partial charge in [-0.15, -0.1) is 11.3 Å². The van der Waals surface area contributed by atoms with Gasteiger partial charge in [0.15, 0.2) is 0 Å². The van der Waals surface area contributed by atoms with E-state index in [2.05, 4.69) is 15.9 Å². The smallest absolute Gasteiger partial charge is 0.346 e. The van der Waals surface area contributed by atoms with Gasteiger partial charge >= 0.3 is 5.97 Å². The Kier molecular flexibility index (Phi) is 2.43. The monoisotopic (exact) mass is 260 g/mol. The molecule has 1 aromatic rings. The first-order valence-electron chi connectivity index (χ1n) is 4.23. The lowest BCUT2D eigenvalue weighted by molar-refractivity contribution is 0.0701. The molecule has 1 heterocycles. The maximum Gasteiger partial charge on any atom is 0.346 e. The Balaban J connectivity index is 2.53. The van der Waals surface area contributed by atoms with Gasteiger partial charge in [0.25, 0.3) is 0 Å². The zero-order valence-electron chi connectivity index (χ0n) is 6.97. The molecule has 4 heteroatoms. The van der Waals surface area contributed by atoms with Crippen molar-refractivity contribution in [2.75, 3.05) is 0 Å². The van der Waals surface area contributed by atoms with Crippen molar-refractivity contribution in [1.82, 2.24) is 0 Å². The Labute approximate surface area is 88.7 Å². The van der Waals surface area contributed by atoms with Crippen LogP contribution in [-0.4, -0.2) is 11.1 Å². The van der Waals surface area contributed by atoms with Crippen molar-refractivity contribution in [2.45, 2.75) is 25.7 Å². The molecule has 0 bridgehead atoms. The Hall–Kier alpha value is -0.350. The highest BCUT2D eigenvalue weighted by molar-refractivity contribution is 9.11. The molecule has 0 aromatic carbocycles. The molecule has 0 saturated carbocycles. The molecule has 0 atom stereocenters. The molecule has 1 aliphatic rings. The molecule has 0 amide bonds. The fraction of sp³-hybridized carbons (Fsp3) is 0.444. The second-order valence-corrected chi connectivity index (χ2v) is 5.51. The summed E-state index contributed by atoms with van der Waals surface area (Å²) in [5.41, 5.74) is 2.30. The number of carboxylic acids is 1. The van der Waals surface area contributed by atoms with Gasteiger partial charge in [0.1, 0.15) is 4.88 Å². The van der Waals surface area contributed by atoms with Crippen molar-refractivity contribution in [2.24, 2.45) is 0 Å². The van der Waals surface area contributed by atoms with Gasteiger partial charge in [-0.1, -0.05) is 0 Å². The van der Waals surface area contributed by atoms with Gasteiger partial charge in [-0.25, -0.2) is 4.79 Å². The summed E-state index contributed by atoms with van der Waals surface area (Å²) in [5, 5.41) is 8.94. The van der Waals surface area contributed by atoms with Crippen LogP contribution in [0.5, 0.6) is 0 Å². The summed E-state index contributed by atoms with van der Waals surface area (Å²) in [5.74, 6) is -0.783. The van der Waals surface area contributed by atoms with Crippen molar-refractivity contribution in [3.05, 3.63) is 19.8 Å². The fourth-order valence-corrected chi connectivity index (χ4v) is 3.64. The first-order chi connectivity index (χ1) is 6.20. The van der Waals surface area contributed by atoms with Crippen molar-refractivity contribution in [1.29, 1.82) is 0 Å². The summed E-state index contributed by atoms with van der Waals surface area (Å²) < 4.78 is 1.01. The summed E-state index contributed by atoms with van der Waals surface area (Å²) in [6.07, 6.45) is 4.26. The molecule has 1 aliphatic carbocycles. The third-order valence-electron chi connectivity index (χ3n) is 2.37. The molecular weight excluding hydrogens is 252 g/mol. The molecule has 0 unspecified atom stereocenters. The third kappa shape index (κ3) is 1.53. The van der Waals surface area contributed by atoms with Crippen molar-refractivity contribution in [3.63, 3.8) is 0 Å². The minimum atomic E-state index is -0.783. The average molecular weight is 261 g/mol.